The molecule has 0 fully saturated rings. The first-order valence-corrected chi connectivity index (χ1v) is 21.2. The number of fused-ring (bicyclic) bond motifs is 4. The van der Waals surface area contributed by atoms with Crippen LogP contribution in [0.1, 0.15) is 0 Å². The third-order valence-corrected chi connectivity index (χ3v) is 9.02. The largest absolute Gasteiger partial charge is 1.00 e. The van der Waals surface area contributed by atoms with Crippen LogP contribution in [0.15, 0.2) is 97.1 Å². The molecule has 0 spiro atoms. The minimum Gasteiger partial charge on any atom is -1.00 e. The van der Waals surface area contributed by atoms with Crippen molar-refractivity contribution in [2.45, 2.75) is 0 Å². The molecule has 8 rings (SSSR count). The first-order chi connectivity index (χ1) is 32.4. The highest BCUT2D eigenvalue weighted by Crippen LogP contribution is 2.11. The second-order valence-corrected chi connectivity index (χ2v) is 16.5. The van der Waals surface area contributed by atoms with Crippen molar-refractivity contribution in [1.29, 1.82) is 0 Å². The smallest absolute Gasteiger partial charge is 0.471 e. The summed E-state index contributed by atoms with van der Waals surface area (Å²) in [7, 11) is 30.6. The average molecular weight is 1010 g/mol. The summed E-state index contributed by atoms with van der Waals surface area (Å²) in [6.45, 7) is 0. The predicted molar refractivity (Wildman–Crippen MR) is 260 cm³/mol. The van der Waals surface area contributed by atoms with Crippen LogP contribution in [0.25, 0.3) is 44.1 Å². The van der Waals surface area contributed by atoms with Gasteiger partial charge >= 0.3 is 24.1 Å². The second-order valence-electron chi connectivity index (χ2n) is 16.5. The molecule has 24 nitrogen and oxygen atoms in total. The van der Waals surface area contributed by atoms with E-state index in [1.165, 1.54) is 19.4 Å². The zero-order valence-electron chi connectivity index (χ0n) is 43.3. The predicted octanol–water partition coefficient (Wildman–Crippen LogP) is -11.8. The number of aromatic nitrogens is 12. The molecule has 4 heterocycles. The summed E-state index contributed by atoms with van der Waals surface area (Å²) in [5, 5.41) is 32.0. The van der Waals surface area contributed by atoms with Crippen molar-refractivity contribution < 1.29 is 56.5 Å². The number of hydrogen-bond acceptors (Lipinski definition) is 12. The van der Waals surface area contributed by atoms with Crippen LogP contribution in [0.2, 0.25) is 0 Å². The van der Waals surface area contributed by atoms with E-state index in [2.05, 4.69) is 41.2 Å². The summed E-state index contributed by atoms with van der Waals surface area (Å²) < 4.78 is 7.49. The monoisotopic (exact) mass is 1010 g/mol. The van der Waals surface area contributed by atoms with Crippen LogP contribution in [0, 0.1) is 0 Å². The lowest BCUT2D eigenvalue weighted by molar-refractivity contribution is -0.480. The van der Waals surface area contributed by atoms with Crippen LogP contribution in [-0.2, 0) is 0 Å². The SMILES string of the molecule is CN(C)C(On1nnc2ccccc21)=[N+](C)C.CN(C)C(On1nnc2ccccc21)=[N+](C)C.CN(C)C(On1nnc2ccccc21)=[N+](C)C.CN(C)C(On1nnc2ccccc21)=[N+](C)C.[F-].[F-].[F-].[F-]. The van der Waals surface area contributed by atoms with E-state index in [1.54, 1.807) is 0 Å². The van der Waals surface area contributed by atoms with Gasteiger partial charge in [-0.1, -0.05) is 67.9 Å². The van der Waals surface area contributed by atoms with Crippen LogP contribution in [-0.4, -0.2) is 235 Å². The molecule has 0 saturated heterocycles. The van der Waals surface area contributed by atoms with Crippen molar-refractivity contribution in [3.63, 3.8) is 0 Å². The van der Waals surface area contributed by atoms with Crippen molar-refractivity contribution in [2.75, 3.05) is 113 Å². The van der Waals surface area contributed by atoms with Crippen molar-refractivity contribution in [3.05, 3.63) is 97.1 Å². The highest BCUT2D eigenvalue weighted by molar-refractivity contribution is 5.78. The Morgan fingerprint density at radius 2 is 0.486 bits per heavy atom. The molecule has 0 unspecified atom stereocenters. The van der Waals surface area contributed by atoms with E-state index in [4.69, 9.17) is 19.4 Å². The summed E-state index contributed by atoms with van der Waals surface area (Å²) in [4.78, 5) is 36.0. The van der Waals surface area contributed by atoms with Gasteiger partial charge in [0.15, 0.2) is 0 Å². The molecule has 0 amide bonds. The number of amidine groups is 4. The standard InChI is InChI=1S/4C11H16N5O.4FH/c4*1-14(2)11(15(3)4)17-16-10-8-6-5-7-9(10)12-13-16;;;;/h4*5-8H,1-4H3;4*1H/q4*+1;;;;/p-4. The summed E-state index contributed by atoms with van der Waals surface area (Å²) in [6.07, 6.45) is 0. The molecule has 0 N–H and O–H groups in total. The zero-order valence-corrected chi connectivity index (χ0v) is 43.3. The van der Waals surface area contributed by atoms with Gasteiger partial charge in [-0.2, -0.15) is 0 Å². The number of hydrogen-bond donors (Lipinski definition) is 0. The molecule has 0 radical (unpaired) electrons. The van der Waals surface area contributed by atoms with Gasteiger partial charge < -0.3 is 18.8 Å². The van der Waals surface area contributed by atoms with E-state index in [0.717, 1.165) is 44.1 Å². The molecule has 392 valence electrons. The third kappa shape index (κ3) is 15.7. The Balaban J connectivity index is 0.000000471. The Bertz CT molecular complexity index is 2650. The molecule has 28 heteroatoms. The fraction of sp³-hybridized carbons (Fsp3) is 0.364. The maximum absolute atomic E-state index is 5.70. The van der Waals surface area contributed by atoms with E-state index < -0.39 is 0 Å². The summed E-state index contributed by atoms with van der Waals surface area (Å²) in [6, 6.07) is 33.4. The Hall–Kier alpha value is -8.72. The van der Waals surface area contributed by atoms with Gasteiger partial charge in [0.05, 0.1) is 113 Å². The minimum absolute atomic E-state index is 0. The average Bonchev–Trinajstić information content (AvgIpc) is 4.11. The van der Waals surface area contributed by atoms with Crippen LogP contribution in [0.4, 0.5) is 0 Å². The Labute approximate surface area is 413 Å². The molecule has 0 bridgehead atoms. The number of benzene rings is 4. The number of halogens is 4. The lowest BCUT2D eigenvalue weighted by atomic mass is 10.3. The van der Waals surface area contributed by atoms with Crippen LogP contribution >= 0.6 is 0 Å². The van der Waals surface area contributed by atoms with Gasteiger partial charge in [-0.05, 0) is 69.4 Å². The van der Waals surface area contributed by atoms with Crippen molar-refractivity contribution >= 4 is 68.2 Å². The minimum atomic E-state index is 0. The van der Waals surface area contributed by atoms with E-state index in [0.29, 0.717) is 24.1 Å². The third-order valence-electron chi connectivity index (χ3n) is 9.02. The van der Waals surface area contributed by atoms with E-state index in [1.807, 2.05) is 248 Å². The second kappa shape index (κ2) is 28.1. The van der Waals surface area contributed by atoms with E-state index >= 15 is 0 Å². The zero-order chi connectivity index (χ0) is 49.7. The Morgan fingerprint density at radius 3 is 0.639 bits per heavy atom. The van der Waals surface area contributed by atoms with Gasteiger partial charge in [-0.15, -0.1) is 20.4 Å². The maximum atomic E-state index is 5.70. The topological polar surface area (TPSA) is 185 Å². The van der Waals surface area contributed by atoms with Gasteiger partial charge in [0.2, 0.25) is 0 Å². The molecule has 4 aromatic carbocycles. The van der Waals surface area contributed by atoms with Crippen molar-refractivity contribution in [1.82, 2.24) is 80.2 Å². The van der Waals surface area contributed by atoms with Crippen molar-refractivity contribution in [3.8, 4) is 0 Å². The van der Waals surface area contributed by atoms with E-state index in [-0.39, 0.29) is 18.8 Å². The molecule has 0 aliphatic rings. The number of para-hydroxylation sites is 4. The van der Waals surface area contributed by atoms with Gasteiger partial charge in [-0.25, -0.2) is 37.9 Å². The summed E-state index contributed by atoms with van der Waals surface area (Å²) >= 11 is 0. The Kier molecular flexibility index (Phi) is 23.9. The molecule has 0 aliphatic carbocycles. The Morgan fingerprint density at radius 1 is 0.319 bits per heavy atom. The fourth-order valence-electron chi connectivity index (χ4n) is 6.22. The number of rotatable bonds is 4. The quantitative estimate of drug-likeness (QED) is 0.0701. The lowest BCUT2D eigenvalue weighted by Gasteiger charge is -2.10. The molecular weight excluding hydrogens is 949 g/mol. The van der Waals surface area contributed by atoms with Crippen LogP contribution < -0.4 is 38.2 Å². The highest BCUT2D eigenvalue weighted by atomic mass is 19.0. The molecule has 0 atom stereocenters. The summed E-state index contributed by atoms with van der Waals surface area (Å²) in [5.41, 5.74) is 6.60. The van der Waals surface area contributed by atoms with Gasteiger partial charge in [0.1, 0.15) is 44.1 Å². The van der Waals surface area contributed by atoms with Crippen LogP contribution in [0.3, 0.4) is 0 Å². The lowest BCUT2D eigenvalue weighted by Crippen LogP contribution is -3.00. The normalized spacial score (nSPS) is 9.78. The maximum Gasteiger partial charge on any atom is 0.471 e. The first-order valence-electron chi connectivity index (χ1n) is 21.2. The van der Waals surface area contributed by atoms with Gasteiger partial charge in [0.25, 0.3) is 0 Å². The molecule has 0 saturated carbocycles. The molecule has 4 aromatic heterocycles. The summed E-state index contributed by atoms with van der Waals surface area (Å²) in [5.74, 6) is 0. The molecule has 0 aliphatic heterocycles. The van der Waals surface area contributed by atoms with E-state index in [9.17, 15) is 0 Å². The van der Waals surface area contributed by atoms with Crippen molar-refractivity contribution in [2.24, 2.45) is 0 Å². The van der Waals surface area contributed by atoms with Gasteiger partial charge in [0, 0.05) is 0 Å². The highest BCUT2D eigenvalue weighted by Gasteiger charge is 2.21. The molecular formula is C44H64F4N20O4. The fourth-order valence-corrected chi connectivity index (χ4v) is 6.22. The molecule has 72 heavy (non-hydrogen) atoms. The van der Waals surface area contributed by atoms with Crippen LogP contribution in [0.5, 0.6) is 0 Å². The molecule has 8 aromatic rings. The number of nitrogens with zero attached hydrogens (tertiary/aromatic N) is 20. The van der Waals surface area contributed by atoms with Gasteiger partial charge in [-0.3, -0.25) is 19.4 Å². The first kappa shape index (κ1) is 61.3.